The van der Waals surface area contributed by atoms with Gasteiger partial charge in [-0.3, -0.25) is 9.59 Å². The molecule has 3 aromatic rings. The second kappa shape index (κ2) is 8.91. The van der Waals surface area contributed by atoms with E-state index in [2.05, 4.69) is 10.2 Å². The predicted octanol–water partition coefficient (Wildman–Crippen LogP) is 3.72. The van der Waals surface area contributed by atoms with Crippen LogP contribution in [0.5, 0.6) is 5.75 Å². The number of fused-ring (bicyclic) bond motifs is 1. The van der Waals surface area contributed by atoms with Gasteiger partial charge in [0.15, 0.2) is 5.78 Å². The van der Waals surface area contributed by atoms with Gasteiger partial charge in [0.25, 0.3) is 0 Å². The smallest absolute Gasteiger partial charge is 0.245 e. The highest BCUT2D eigenvalue weighted by molar-refractivity contribution is 6.34. The summed E-state index contributed by atoms with van der Waals surface area (Å²) < 4.78 is 0. The number of nitrogens with one attached hydrogen (secondary N) is 1. The molecule has 3 aromatic carbocycles. The average Bonchev–Trinajstić information content (AvgIpc) is 2.86. The fourth-order valence-corrected chi connectivity index (χ4v) is 5.19. The minimum absolute atomic E-state index is 0.0679. The zero-order valence-electron chi connectivity index (χ0n) is 19.4. The van der Waals surface area contributed by atoms with E-state index in [9.17, 15) is 14.7 Å². The Kier molecular flexibility index (Phi) is 5.91. The van der Waals surface area contributed by atoms with Gasteiger partial charge in [-0.2, -0.15) is 0 Å². The first-order valence-corrected chi connectivity index (χ1v) is 12.0. The number of anilines is 3. The molecule has 4 N–H and O–H groups in total. The summed E-state index contributed by atoms with van der Waals surface area (Å²) in [7, 11) is 0. The number of aromatic hydroxyl groups is 1. The van der Waals surface area contributed by atoms with Crippen LogP contribution in [0.1, 0.15) is 28.4 Å². The summed E-state index contributed by atoms with van der Waals surface area (Å²) in [5.74, 6) is -0.563. The van der Waals surface area contributed by atoms with Crippen LogP contribution in [0.3, 0.4) is 0 Å². The molecular weight excluding hydrogens is 464 g/mol. The second-order valence-corrected chi connectivity index (χ2v) is 9.63. The van der Waals surface area contributed by atoms with Crippen molar-refractivity contribution in [1.29, 1.82) is 0 Å². The van der Waals surface area contributed by atoms with Gasteiger partial charge in [-0.05, 0) is 54.4 Å². The van der Waals surface area contributed by atoms with Crippen molar-refractivity contribution in [2.75, 3.05) is 41.7 Å². The quantitative estimate of drug-likeness (QED) is 0.381. The van der Waals surface area contributed by atoms with Crippen molar-refractivity contribution in [2.24, 2.45) is 0 Å². The molecule has 35 heavy (non-hydrogen) atoms. The number of piperazine rings is 1. The monoisotopic (exact) mass is 490 g/mol. The molecule has 1 atom stereocenters. The number of nitrogen functional groups attached to an aromatic ring is 1. The number of hydrogen-bond acceptors (Lipinski definition) is 6. The maximum Gasteiger partial charge on any atom is 0.245 e. The third-order valence-electron chi connectivity index (χ3n) is 6.90. The van der Waals surface area contributed by atoms with Gasteiger partial charge in [0.2, 0.25) is 5.91 Å². The Morgan fingerprint density at radius 3 is 2.40 bits per heavy atom. The van der Waals surface area contributed by atoms with Gasteiger partial charge in [0, 0.05) is 36.9 Å². The van der Waals surface area contributed by atoms with Crippen LogP contribution in [0.2, 0.25) is 5.02 Å². The van der Waals surface area contributed by atoms with Gasteiger partial charge in [-0.15, -0.1) is 0 Å². The molecule has 0 aromatic heterocycles. The van der Waals surface area contributed by atoms with Crippen molar-refractivity contribution >= 4 is 40.4 Å². The van der Waals surface area contributed by atoms with Crippen LogP contribution in [-0.4, -0.2) is 43.0 Å². The fraction of sp³-hybridized carbons (Fsp3) is 0.259. The number of benzene rings is 3. The molecule has 0 radical (unpaired) electrons. The van der Waals surface area contributed by atoms with Crippen LogP contribution in [0.15, 0.2) is 60.7 Å². The first-order chi connectivity index (χ1) is 16.8. The number of amides is 1. The second-order valence-electron chi connectivity index (χ2n) is 9.19. The van der Waals surface area contributed by atoms with E-state index in [4.69, 9.17) is 17.3 Å². The molecule has 0 spiro atoms. The summed E-state index contributed by atoms with van der Waals surface area (Å²) in [6.45, 7) is 4.92. The molecule has 1 unspecified atom stereocenters. The van der Waals surface area contributed by atoms with Gasteiger partial charge in [0.1, 0.15) is 11.2 Å². The number of ketones is 1. The summed E-state index contributed by atoms with van der Waals surface area (Å²) in [5, 5.41) is 13.6. The highest BCUT2D eigenvalue weighted by Crippen LogP contribution is 2.46. The molecule has 2 heterocycles. The van der Waals surface area contributed by atoms with E-state index in [1.165, 1.54) is 12.1 Å². The van der Waals surface area contributed by atoms with E-state index in [-0.39, 0.29) is 24.0 Å². The number of halogens is 1. The lowest BCUT2D eigenvalue weighted by molar-refractivity contribution is -0.122. The molecule has 1 fully saturated rings. The predicted molar refractivity (Wildman–Crippen MR) is 138 cm³/mol. The van der Waals surface area contributed by atoms with Crippen molar-refractivity contribution in [3.8, 4) is 5.75 Å². The zero-order chi connectivity index (χ0) is 24.7. The first kappa shape index (κ1) is 23.2. The van der Waals surface area contributed by atoms with E-state index < -0.39 is 5.41 Å². The number of rotatable bonds is 4. The topological polar surface area (TPSA) is 98.9 Å². The third-order valence-corrected chi connectivity index (χ3v) is 7.12. The van der Waals surface area contributed by atoms with Crippen molar-refractivity contribution in [3.63, 3.8) is 0 Å². The molecule has 0 saturated carbocycles. The number of carbonyl (C=O) groups is 2. The first-order valence-electron chi connectivity index (χ1n) is 11.6. The lowest BCUT2D eigenvalue weighted by Crippen LogP contribution is -2.55. The Morgan fingerprint density at radius 1 is 1.03 bits per heavy atom. The Balaban J connectivity index is 1.72. The van der Waals surface area contributed by atoms with E-state index >= 15 is 0 Å². The molecule has 2 aliphatic heterocycles. The zero-order valence-corrected chi connectivity index (χ0v) is 20.2. The molecule has 7 nitrogen and oxygen atoms in total. The van der Waals surface area contributed by atoms with E-state index in [0.29, 0.717) is 27.5 Å². The number of nitrogens with two attached hydrogens (primary N) is 1. The maximum atomic E-state index is 14.2. The van der Waals surface area contributed by atoms with Crippen molar-refractivity contribution in [3.05, 3.63) is 82.4 Å². The van der Waals surface area contributed by atoms with Crippen molar-refractivity contribution in [2.45, 2.75) is 18.9 Å². The van der Waals surface area contributed by atoms with Crippen LogP contribution in [0.4, 0.5) is 17.1 Å². The standard InChI is InChI=1S/C27H27ClN4O3/c1-27(18-5-7-21(33)8-6-18)25(34)24-22(31-11-9-30-10-12-31)14-19(28)15-23(24)32(26(27)35)16-17-3-2-4-20(29)13-17/h2-8,13-15,30,33H,9-12,16,29H2,1H3. The van der Waals surface area contributed by atoms with Gasteiger partial charge in [-0.1, -0.05) is 35.9 Å². The molecule has 0 aliphatic carbocycles. The van der Waals surface area contributed by atoms with Crippen LogP contribution < -0.4 is 20.9 Å². The normalized spacial score (nSPS) is 20.2. The Hall–Kier alpha value is -3.55. The Labute approximate surface area is 209 Å². The van der Waals surface area contributed by atoms with Gasteiger partial charge < -0.3 is 26.0 Å². The third kappa shape index (κ3) is 4.00. The van der Waals surface area contributed by atoms with E-state index in [0.717, 1.165) is 37.4 Å². The summed E-state index contributed by atoms with van der Waals surface area (Å²) in [5.41, 5.74) is 8.20. The number of nitrogens with zero attached hydrogens (tertiary/aromatic N) is 2. The van der Waals surface area contributed by atoms with Crippen LogP contribution in [-0.2, 0) is 16.8 Å². The highest BCUT2D eigenvalue weighted by atomic mass is 35.5. The molecule has 0 bridgehead atoms. The number of phenols is 1. The number of hydrogen-bond donors (Lipinski definition) is 3. The maximum absolute atomic E-state index is 14.2. The van der Waals surface area contributed by atoms with Gasteiger partial charge >= 0.3 is 0 Å². The SMILES string of the molecule is CC1(c2ccc(O)cc2)C(=O)c2c(N3CCNCC3)cc(Cl)cc2N(Cc2cccc(N)c2)C1=O. The Morgan fingerprint density at radius 2 is 1.71 bits per heavy atom. The lowest BCUT2D eigenvalue weighted by Gasteiger charge is -2.42. The molecular formula is C27H27ClN4O3. The Bertz CT molecular complexity index is 1300. The summed E-state index contributed by atoms with van der Waals surface area (Å²) in [6.07, 6.45) is 0. The van der Waals surface area contributed by atoms with E-state index in [1.54, 1.807) is 36.1 Å². The van der Waals surface area contributed by atoms with Crippen molar-refractivity contribution < 1.29 is 14.7 Å². The number of Topliss-reactive ketones (excluding diaryl/α,β-unsaturated/α-hetero) is 1. The molecule has 2 aliphatic rings. The minimum atomic E-state index is -1.47. The van der Waals surface area contributed by atoms with Crippen LogP contribution in [0, 0.1) is 0 Å². The average molecular weight is 491 g/mol. The number of phenolic OH excluding ortho intramolecular Hbond substituents is 1. The van der Waals surface area contributed by atoms with Gasteiger partial charge in [-0.25, -0.2) is 0 Å². The fourth-order valence-electron chi connectivity index (χ4n) is 4.99. The molecule has 5 rings (SSSR count). The van der Waals surface area contributed by atoms with E-state index in [1.807, 2.05) is 24.3 Å². The number of carbonyl (C=O) groups excluding carboxylic acids is 2. The van der Waals surface area contributed by atoms with Gasteiger partial charge in [0.05, 0.1) is 23.5 Å². The lowest BCUT2D eigenvalue weighted by atomic mass is 9.71. The molecule has 1 amide bonds. The highest BCUT2D eigenvalue weighted by Gasteiger charge is 2.52. The largest absolute Gasteiger partial charge is 0.508 e. The molecule has 1 saturated heterocycles. The minimum Gasteiger partial charge on any atom is -0.508 e. The van der Waals surface area contributed by atoms with Crippen LogP contribution in [0.25, 0.3) is 0 Å². The molecule has 180 valence electrons. The summed E-state index contributed by atoms with van der Waals surface area (Å²) in [6, 6.07) is 17.1. The summed E-state index contributed by atoms with van der Waals surface area (Å²) in [4.78, 5) is 32.2. The van der Waals surface area contributed by atoms with Crippen LogP contribution >= 0.6 is 11.6 Å². The van der Waals surface area contributed by atoms with Crippen molar-refractivity contribution in [1.82, 2.24) is 5.32 Å². The molecule has 8 heteroatoms. The summed E-state index contributed by atoms with van der Waals surface area (Å²) >= 11 is 6.56.